The Morgan fingerprint density at radius 1 is 1.07 bits per heavy atom. The number of fused-ring (bicyclic) bond motifs is 1. The Morgan fingerprint density at radius 3 is 2.49 bits per heavy atom. The summed E-state index contributed by atoms with van der Waals surface area (Å²) in [5.74, 6) is 0.350. The van der Waals surface area contributed by atoms with Crippen LogP contribution in [0, 0.1) is 0 Å². The lowest BCUT2D eigenvalue weighted by atomic mass is 10.1. The maximum atomic E-state index is 13.5. The van der Waals surface area contributed by atoms with Crippen molar-refractivity contribution in [1.82, 2.24) is 24.8 Å². The molecule has 0 saturated carbocycles. The van der Waals surface area contributed by atoms with Crippen LogP contribution in [0.1, 0.15) is 47.7 Å². The molecule has 0 spiro atoms. The first-order chi connectivity index (χ1) is 19.6. The van der Waals surface area contributed by atoms with Crippen LogP contribution in [0.3, 0.4) is 0 Å². The number of carbonyl (C=O) groups is 1. The summed E-state index contributed by atoms with van der Waals surface area (Å²) in [6.45, 7) is 2.41. The van der Waals surface area contributed by atoms with E-state index >= 15 is 0 Å². The molecule has 1 atom stereocenters. The van der Waals surface area contributed by atoms with Gasteiger partial charge in [0.2, 0.25) is 11.8 Å². The zero-order chi connectivity index (χ0) is 29.3. The van der Waals surface area contributed by atoms with Gasteiger partial charge in [-0.15, -0.1) is 0 Å². The lowest BCUT2D eigenvalue weighted by Gasteiger charge is -2.31. The van der Waals surface area contributed by atoms with E-state index in [1.807, 2.05) is 0 Å². The molecule has 3 aromatic heterocycles. The van der Waals surface area contributed by atoms with E-state index in [1.165, 1.54) is 32.5 Å². The second kappa shape index (κ2) is 11.2. The number of rotatable bonds is 7. The molecule has 1 aliphatic heterocycles. The highest BCUT2D eigenvalue weighted by atomic mass is 19.4. The average molecular weight is 573 g/mol. The standard InChI is InChI=1S/C27H27F3N6O5/c1-14(31)23-22(25(37)36-12-9-15(10-13-36)40-26-32-11-8-20(34-26)39-3)35-24(41-23)17-4-6-18(38-2)21-16(17)5-7-19(33-21)27(28,29)30/h4-8,11,14-15H,9-10,12-13,31H2,1-3H3/t14-/m0/s1. The van der Waals surface area contributed by atoms with E-state index in [9.17, 15) is 18.0 Å². The Labute approximate surface area is 232 Å². The summed E-state index contributed by atoms with van der Waals surface area (Å²) in [7, 11) is 2.84. The van der Waals surface area contributed by atoms with Crippen LogP contribution in [0.4, 0.5) is 13.2 Å². The van der Waals surface area contributed by atoms with Crippen LogP contribution in [-0.4, -0.2) is 64.2 Å². The molecule has 4 heterocycles. The summed E-state index contributed by atoms with van der Waals surface area (Å²) < 4.78 is 62.2. The van der Waals surface area contributed by atoms with Gasteiger partial charge in [-0.25, -0.2) is 15.0 Å². The van der Waals surface area contributed by atoms with E-state index in [0.717, 1.165) is 6.07 Å². The quantitative estimate of drug-likeness (QED) is 0.339. The highest BCUT2D eigenvalue weighted by Crippen LogP contribution is 2.37. The SMILES string of the molecule is COc1ccnc(OC2CCN(C(=O)c3nc(-c4ccc(OC)c5nc(C(F)(F)F)ccc45)oc3[C@H](C)N)CC2)n1. The lowest BCUT2D eigenvalue weighted by Crippen LogP contribution is -2.42. The molecule has 1 fully saturated rings. The number of aromatic nitrogens is 4. The van der Waals surface area contributed by atoms with Crippen LogP contribution in [-0.2, 0) is 6.18 Å². The minimum Gasteiger partial charge on any atom is -0.494 e. The van der Waals surface area contributed by atoms with Gasteiger partial charge >= 0.3 is 12.2 Å². The van der Waals surface area contributed by atoms with E-state index < -0.39 is 17.9 Å². The molecule has 14 heteroatoms. The van der Waals surface area contributed by atoms with Gasteiger partial charge in [0.25, 0.3) is 5.91 Å². The predicted molar refractivity (Wildman–Crippen MR) is 140 cm³/mol. The third kappa shape index (κ3) is 5.73. The number of carbonyl (C=O) groups excluding carboxylic acids is 1. The number of ether oxygens (including phenoxy) is 3. The van der Waals surface area contributed by atoms with Gasteiger partial charge in [0.05, 0.1) is 20.3 Å². The Hall–Kier alpha value is -4.46. The summed E-state index contributed by atoms with van der Waals surface area (Å²) in [5.41, 5.74) is 5.42. The van der Waals surface area contributed by atoms with Gasteiger partial charge in [-0.3, -0.25) is 4.79 Å². The molecule has 1 saturated heterocycles. The number of benzene rings is 1. The fourth-order valence-corrected chi connectivity index (χ4v) is 4.58. The van der Waals surface area contributed by atoms with Crippen molar-refractivity contribution >= 4 is 16.8 Å². The smallest absolute Gasteiger partial charge is 0.433 e. The first-order valence-electron chi connectivity index (χ1n) is 12.7. The van der Waals surface area contributed by atoms with Crippen molar-refractivity contribution in [3.63, 3.8) is 0 Å². The van der Waals surface area contributed by atoms with Gasteiger partial charge < -0.3 is 29.3 Å². The molecule has 216 valence electrons. The van der Waals surface area contributed by atoms with Crippen molar-refractivity contribution in [2.24, 2.45) is 5.73 Å². The van der Waals surface area contributed by atoms with Crippen molar-refractivity contribution in [2.75, 3.05) is 27.3 Å². The number of nitrogens with zero attached hydrogens (tertiary/aromatic N) is 5. The lowest BCUT2D eigenvalue weighted by molar-refractivity contribution is -0.140. The number of pyridine rings is 1. The van der Waals surface area contributed by atoms with E-state index in [-0.39, 0.29) is 46.6 Å². The van der Waals surface area contributed by atoms with Crippen LogP contribution in [0.25, 0.3) is 22.4 Å². The van der Waals surface area contributed by atoms with E-state index in [4.69, 9.17) is 24.4 Å². The number of alkyl halides is 3. The molecule has 5 rings (SSSR count). The molecule has 0 radical (unpaired) electrons. The number of halogens is 3. The van der Waals surface area contributed by atoms with Gasteiger partial charge in [-0.1, -0.05) is 0 Å². The summed E-state index contributed by atoms with van der Waals surface area (Å²) in [5, 5.41) is 0.312. The second-order valence-electron chi connectivity index (χ2n) is 9.42. The van der Waals surface area contributed by atoms with Crippen LogP contribution >= 0.6 is 0 Å². The molecule has 1 aliphatic rings. The summed E-state index contributed by atoms with van der Waals surface area (Å²) >= 11 is 0. The molecule has 41 heavy (non-hydrogen) atoms. The molecular weight excluding hydrogens is 545 g/mol. The third-order valence-corrected chi connectivity index (χ3v) is 6.65. The Morgan fingerprint density at radius 2 is 1.83 bits per heavy atom. The number of piperidine rings is 1. The number of hydrogen-bond acceptors (Lipinski definition) is 10. The number of methoxy groups -OCH3 is 2. The highest BCUT2D eigenvalue weighted by molar-refractivity contribution is 5.98. The predicted octanol–water partition coefficient (Wildman–Crippen LogP) is 4.42. The van der Waals surface area contributed by atoms with Crippen molar-refractivity contribution in [3.05, 3.63) is 53.7 Å². The van der Waals surface area contributed by atoms with Gasteiger partial charge in [-0.05, 0) is 31.2 Å². The van der Waals surface area contributed by atoms with E-state index in [1.54, 1.807) is 24.0 Å². The first-order valence-corrected chi connectivity index (χ1v) is 12.7. The highest BCUT2D eigenvalue weighted by Gasteiger charge is 2.34. The van der Waals surface area contributed by atoms with Crippen LogP contribution in [0.5, 0.6) is 17.6 Å². The average Bonchev–Trinajstić information content (AvgIpc) is 3.41. The first kappa shape index (κ1) is 28.1. The number of hydrogen-bond donors (Lipinski definition) is 1. The minimum atomic E-state index is -4.64. The van der Waals surface area contributed by atoms with E-state index in [2.05, 4.69) is 19.9 Å². The van der Waals surface area contributed by atoms with Crippen LogP contribution in [0.2, 0.25) is 0 Å². The third-order valence-electron chi connectivity index (χ3n) is 6.65. The normalized spacial score (nSPS) is 15.1. The van der Waals surface area contributed by atoms with E-state index in [0.29, 0.717) is 42.8 Å². The number of amides is 1. The van der Waals surface area contributed by atoms with Crippen molar-refractivity contribution in [3.8, 4) is 29.1 Å². The molecule has 0 bridgehead atoms. The maximum absolute atomic E-state index is 13.5. The molecule has 1 amide bonds. The number of nitrogens with two attached hydrogens (primary N) is 1. The van der Waals surface area contributed by atoms with Gasteiger partial charge in [0.1, 0.15) is 23.1 Å². The van der Waals surface area contributed by atoms with Gasteiger partial charge in [0, 0.05) is 49.1 Å². The summed E-state index contributed by atoms with van der Waals surface area (Å²) in [6, 6.07) is 6.33. The molecule has 4 aromatic rings. The second-order valence-corrected chi connectivity index (χ2v) is 9.42. The Bertz CT molecular complexity index is 1570. The zero-order valence-electron chi connectivity index (χ0n) is 22.4. The van der Waals surface area contributed by atoms with Crippen LogP contribution < -0.4 is 19.9 Å². The fourth-order valence-electron chi connectivity index (χ4n) is 4.58. The summed E-state index contributed by atoms with van der Waals surface area (Å²) in [4.78, 5) is 31.7. The number of likely N-dealkylation sites (tertiary alicyclic amines) is 1. The zero-order valence-corrected chi connectivity index (χ0v) is 22.4. The Kier molecular flexibility index (Phi) is 7.67. The Balaban J connectivity index is 1.40. The van der Waals surface area contributed by atoms with Gasteiger partial charge in [0.15, 0.2) is 11.5 Å². The van der Waals surface area contributed by atoms with Crippen molar-refractivity contribution in [1.29, 1.82) is 0 Å². The topological polar surface area (TPSA) is 139 Å². The van der Waals surface area contributed by atoms with Crippen molar-refractivity contribution < 1.29 is 36.6 Å². The molecule has 11 nitrogen and oxygen atoms in total. The van der Waals surface area contributed by atoms with Crippen molar-refractivity contribution in [2.45, 2.75) is 38.1 Å². The fraction of sp³-hybridized carbons (Fsp3) is 0.370. The maximum Gasteiger partial charge on any atom is 0.433 e. The number of oxazole rings is 1. The monoisotopic (exact) mass is 572 g/mol. The molecule has 1 aromatic carbocycles. The van der Waals surface area contributed by atoms with Crippen LogP contribution in [0.15, 0.2) is 40.9 Å². The summed E-state index contributed by atoms with van der Waals surface area (Å²) in [6.07, 6.45) is -2.25. The molecule has 0 aliphatic carbocycles. The largest absolute Gasteiger partial charge is 0.494 e. The molecular formula is C27H27F3N6O5. The minimum absolute atomic E-state index is 0.0182. The molecule has 0 unspecified atom stereocenters. The molecule has 2 N–H and O–H groups in total. The van der Waals surface area contributed by atoms with Gasteiger partial charge in [-0.2, -0.15) is 18.2 Å².